The molecule has 3 heteroatoms. The van der Waals surface area contributed by atoms with Gasteiger partial charge >= 0.3 is 0 Å². The minimum absolute atomic E-state index is 0.233. The Morgan fingerprint density at radius 1 is 1.28 bits per heavy atom. The molecule has 2 nitrogen and oxygen atoms in total. The average molecular weight is 269 g/mol. The molecule has 3 rings (SSSR count). The van der Waals surface area contributed by atoms with Crippen molar-refractivity contribution in [2.45, 2.75) is 63.5 Å². The first-order valence-corrected chi connectivity index (χ1v) is 8.80. The van der Waals surface area contributed by atoms with Crippen LogP contribution in [0.1, 0.15) is 51.9 Å². The van der Waals surface area contributed by atoms with Crippen LogP contribution in [0.3, 0.4) is 0 Å². The van der Waals surface area contributed by atoms with E-state index in [1.165, 1.54) is 63.0 Å². The zero-order chi connectivity index (χ0) is 12.5. The number of hydrogen-bond acceptors (Lipinski definition) is 3. The molecule has 2 aliphatic heterocycles. The van der Waals surface area contributed by atoms with Gasteiger partial charge in [-0.25, -0.2) is 0 Å². The van der Waals surface area contributed by atoms with E-state index in [4.69, 9.17) is 4.74 Å². The molecule has 0 amide bonds. The fourth-order valence-corrected chi connectivity index (χ4v) is 5.24. The summed E-state index contributed by atoms with van der Waals surface area (Å²) in [4.78, 5) is 0. The standard InChI is InChI=1S/C15H27NOS/c1-14(5-2-3-6-14)11-16-13-4-8-17-15(10-13)7-9-18-12-15/h13,16H,2-12H2,1H3. The van der Waals surface area contributed by atoms with Gasteiger partial charge in [-0.1, -0.05) is 19.8 Å². The van der Waals surface area contributed by atoms with Gasteiger partial charge in [0.05, 0.1) is 5.60 Å². The minimum atomic E-state index is 0.233. The summed E-state index contributed by atoms with van der Waals surface area (Å²) in [6.07, 6.45) is 9.44. The van der Waals surface area contributed by atoms with Crippen LogP contribution in [-0.4, -0.2) is 36.3 Å². The van der Waals surface area contributed by atoms with Crippen molar-refractivity contribution in [2.24, 2.45) is 5.41 Å². The van der Waals surface area contributed by atoms with Crippen LogP contribution >= 0.6 is 11.8 Å². The summed E-state index contributed by atoms with van der Waals surface area (Å²) < 4.78 is 6.09. The summed E-state index contributed by atoms with van der Waals surface area (Å²) in [5.74, 6) is 2.52. The maximum Gasteiger partial charge on any atom is 0.0795 e. The van der Waals surface area contributed by atoms with Crippen molar-refractivity contribution in [3.63, 3.8) is 0 Å². The van der Waals surface area contributed by atoms with Gasteiger partial charge in [0.1, 0.15) is 0 Å². The van der Waals surface area contributed by atoms with Crippen molar-refractivity contribution < 1.29 is 4.74 Å². The quantitative estimate of drug-likeness (QED) is 0.850. The van der Waals surface area contributed by atoms with Crippen molar-refractivity contribution in [2.75, 3.05) is 24.7 Å². The highest BCUT2D eigenvalue weighted by Gasteiger charge is 2.40. The highest BCUT2D eigenvalue weighted by molar-refractivity contribution is 7.99. The summed E-state index contributed by atoms with van der Waals surface area (Å²) in [5, 5.41) is 3.87. The van der Waals surface area contributed by atoms with E-state index in [2.05, 4.69) is 24.0 Å². The Balaban J connectivity index is 1.50. The van der Waals surface area contributed by atoms with Gasteiger partial charge < -0.3 is 10.1 Å². The molecule has 1 saturated carbocycles. The van der Waals surface area contributed by atoms with E-state index in [9.17, 15) is 0 Å². The van der Waals surface area contributed by atoms with Gasteiger partial charge in [-0.05, 0) is 43.3 Å². The molecule has 0 aromatic carbocycles. The zero-order valence-corrected chi connectivity index (χ0v) is 12.5. The second-order valence-electron chi connectivity index (χ2n) is 6.92. The summed E-state index contributed by atoms with van der Waals surface area (Å²) >= 11 is 2.07. The van der Waals surface area contributed by atoms with Crippen LogP contribution in [-0.2, 0) is 4.74 Å². The molecule has 1 spiro atoms. The van der Waals surface area contributed by atoms with E-state index < -0.39 is 0 Å². The van der Waals surface area contributed by atoms with Crippen LogP contribution in [0.15, 0.2) is 0 Å². The Morgan fingerprint density at radius 2 is 2.11 bits per heavy atom. The number of thioether (sulfide) groups is 1. The van der Waals surface area contributed by atoms with Crippen LogP contribution in [0.2, 0.25) is 0 Å². The Morgan fingerprint density at radius 3 is 2.83 bits per heavy atom. The minimum Gasteiger partial charge on any atom is -0.374 e. The Hall–Kier alpha value is 0.270. The Labute approximate surface area is 116 Å². The normalized spacial score (nSPS) is 39.5. The Bertz CT molecular complexity index is 282. The third kappa shape index (κ3) is 2.88. The number of hydrogen-bond donors (Lipinski definition) is 1. The first-order valence-electron chi connectivity index (χ1n) is 7.65. The number of nitrogens with one attached hydrogen (secondary N) is 1. The summed E-state index contributed by atoms with van der Waals surface area (Å²) in [7, 11) is 0. The van der Waals surface area contributed by atoms with E-state index in [0.29, 0.717) is 11.5 Å². The monoisotopic (exact) mass is 269 g/mol. The lowest BCUT2D eigenvalue weighted by Crippen LogP contribution is -2.49. The van der Waals surface area contributed by atoms with Crippen molar-refractivity contribution in [3.05, 3.63) is 0 Å². The third-order valence-electron chi connectivity index (χ3n) is 5.19. The summed E-state index contributed by atoms with van der Waals surface area (Å²) in [5.41, 5.74) is 0.813. The van der Waals surface area contributed by atoms with Gasteiger partial charge in [0.25, 0.3) is 0 Å². The fraction of sp³-hybridized carbons (Fsp3) is 1.00. The fourth-order valence-electron chi connectivity index (χ4n) is 3.86. The molecule has 18 heavy (non-hydrogen) atoms. The van der Waals surface area contributed by atoms with Crippen LogP contribution < -0.4 is 5.32 Å². The van der Waals surface area contributed by atoms with Gasteiger partial charge in [-0.3, -0.25) is 0 Å². The van der Waals surface area contributed by atoms with Crippen molar-refractivity contribution in [3.8, 4) is 0 Å². The summed E-state index contributed by atoms with van der Waals surface area (Å²) in [6.45, 7) is 4.66. The topological polar surface area (TPSA) is 21.3 Å². The molecule has 2 atom stereocenters. The zero-order valence-electron chi connectivity index (χ0n) is 11.7. The predicted molar refractivity (Wildman–Crippen MR) is 78.2 cm³/mol. The van der Waals surface area contributed by atoms with Crippen molar-refractivity contribution in [1.29, 1.82) is 0 Å². The molecular formula is C15H27NOS. The second-order valence-corrected chi connectivity index (χ2v) is 8.03. The first kappa shape index (κ1) is 13.3. The van der Waals surface area contributed by atoms with E-state index in [1.807, 2.05) is 0 Å². The van der Waals surface area contributed by atoms with E-state index >= 15 is 0 Å². The molecule has 0 aromatic rings. The molecule has 2 saturated heterocycles. The molecule has 0 bridgehead atoms. The predicted octanol–water partition coefficient (Wildman–Crippen LogP) is 3.21. The highest BCUT2D eigenvalue weighted by atomic mass is 32.2. The van der Waals surface area contributed by atoms with E-state index in [-0.39, 0.29) is 5.60 Å². The molecule has 2 heterocycles. The largest absolute Gasteiger partial charge is 0.374 e. The molecule has 2 unspecified atom stereocenters. The third-order valence-corrected chi connectivity index (χ3v) is 6.41. The van der Waals surface area contributed by atoms with Gasteiger partial charge in [0.15, 0.2) is 0 Å². The smallest absolute Gasteiger partial charge is 0.0795 e. The molecule has 0 aromatic heterocycles. The van der Waals surface area contributed by atoms with Crippen LogP contribution in [0, 0.1) is 5.41 Å². The average Bonchev–Trinajstić information content (AvgIpc) is 2.98. The maximum atomic E-state index is 6.09. The molecule has 3 fully saturated rings. The second kappa shape index (κ2) is 5.34. The summed E-state index contributed by atoms with van der Waals surface area (Å²) in [6, 6.07) is 0.704. The van der Waals surface area contributed by atoms with Crippen molar-refractivity contribution in [1.82, 2.24) is 5.32 Å². The highest BCUT2D eigenvalue weighted by Crippen LogP contribution is 2.40. The lowest BCUT2D eigenvalue weighted by molar-refractivity contribution is -0.0709. The van der Waals surface area contributed by atoms with Gasteiger partial charge in [0.2, 0.25) is 0 Å². The number of ether oxygens (including phenoxy) is 1. The molecule has 1 aliphatic carbocycles. The van der Waals surface area contributed by atoms with Gasteiger partial charge in [0, 0.05) is 24.9 Å². The molecule has 3 aliphatic rings. The lowest BCUT2D eigenvalue weighted by Gasteiger charge is -2.39. The van der Waals surface area contributed by atoms with E-state index in [1.54, 1.807) is 0 Å². The van der Waals surface area contributed by atoms with Crippen LogP contribution in [0.5, 0.6) is 0 Å². The van der Waals surface area contributed by atoms with Crippen LogP contribution in [0.25, 0.3) is 0 Å². The molecule has 1 N–H and O–H groups in total. The molecule has 0 radical (unpaired) electrons. The Kier molecular flexibility index (Phi) is 3.93. The first-order chi connectivity index (χ1) is 8.70. The van der Waals surface area contributed by atoms with Crippen LogP contribution in [0.4, 0.5) is 0 Å². The van der Waals surface area contributed by atoms with Crippen molar-refractivity contribution >= 4 is 11.8 Å². The van der Waals surface area contributed by atoms with E-state index in [0.717, 1.165) is 6.61 Å². The number of rotatable bonds is 3. The van der Waals surface area contributed by atoms with Gasteiger partial charge in [-0.2, -0.15) is 11.8 Å². The molecular weight excluding hydrogens is 242 g/mol. The lowest BCUT2D eigenvalue weighted by atomic mass is 9.86. The SMILES string of the molecule is CC1(CNC2CCOC3(CCSC3)C2)CCCC1. The molecule has 104 valence electrons. The van der Waals surface area contributed by atoms with Gasteiger partial charge in [-0.15, -0.1) is 0 Å². The maximum absolute atomic E-state index is 6.09.